The molecule has 1 heterocycles. The average molecular weight is 480 g/mol. The summed E-state index contributed by atoms with van der Waals surface area (Å²) in [5.74, 6) is 0.618. The Hall–Kier alpha value is -2.29. The fraction of sp³-hybridized carbons (Fsp3) is 0.435. The van der Waals surface area contributed by atoms with Crippen molar-refractivity contribution in [3.05, 3.63) is 53.1 Å². The number of carbonyl (C=O) groups excluding carboxylic acids is 1. The fourth-order valence-corrected chi connectivity index (χ4v) is 5.27. The molecule has 174 valence electrons. The Kier molecular flexibility index (Phi) is 8.39. The number of ether oxygens (including phenoxy) is 1. The van der Waals surface area contributed by atoms with Gasteiger partial charge in [-0.15, -0.1) is 0 Å². The van der Waals surface area contributed by atoms with Crippen LogP contribution in [0.25, 0.3) is 0 Å². The molecule has 0 aliphatic carbocycles. The SMILES string of the molecule is CCOc1ccc(NS(=O)(=O)c2cc(C(=O)NCC(C)CN3CCCC3)ccc2Cl)cc1. The Bertz CT molecular complexity index is 1020. The van der Waals surface area contributed by atoms with Crippen LogP contribution in [0.4, 0.5) is 5.69 Å². The number of carbonyl (C=O) groups is 1. The zero-order valence-corrected chi connectivity index (χ0v) is 20.0. The van der Waals surface area contributed by atoms with Crippen LogP contribution in [-0.4, -0.2) is 52.0 Å². The van der Waals surface area contributed by atoms with Crippen LogP contribution < -0.4 is 14.8 Å². The maximum atomic E-state index is 12.9. The van der Waals surface area contributed by atoms with E-state index in [0.717, 1.165) is 19.6 Å². The van der Waals surface area contributed by atoms with Gasteiger partial charge in [0.05, 0.1) is 11.6 Å². The summed E-state index contributed by atoms with van der Waals surface area (Å²) in [7, 11) is -3.98. The molecule has 1 aliphatic rings. The molecule has 9 heteroatoms. The molecule has 32 heavy (non-hydrogen) atoms. The summed E-state index contributed by atoms with van der Waals surface area (Å²) in [6, 6.07) is 10.8. The van der Waals surface area contributed by atoms with E-state index < -0.39 is 10.0 Å². The van der Waals surface area contributed by atoms with E-state index in [1.54, 1.807) is 24.3 Å². The van der Waals surface area contributed by atoms with Gasteiger partial charge < -0.3 is 15.0 Å². The lowest BCUT2D eigenvalue weighted by Crippen LogP contribution is -2.34. The molecular weight excluding hydrogens is 450 g/mol. The van der Waals surface area contributed by atoms with Crippen LogP contribution in [0.2, 0.25) is 5.02 Å². The van der Waals surface area contributed by atoms with Gasteiger partial charge in [0.15, 0.2) is 0 Å². The summed E-state index contributed by atoms with van der Waals surface area (Å²) in [5, 5.41) is 2.94. The van der Waals surface area contributed by atoms with Crippen molar-refractivity contribution < 1.29 is 17.9 Å². The van der Waals surface area contributed by atoms with Crippen LogP contribution in [0.3, 0.4) is 0 Å². The average Bonchev–Trinajstić information content (AvgIpc) is 3.26. The van der Waals surface area contributed by atoms with E-state index in [1.165, 1.54) is 31.0 Å². The zero-order chi connectivity index (χ0) is 23.1. The van der Waals surface area contributed by atoms with E-state index >= 15 is 0 Å². The molecule has 1 saturated heterocycles. The Morgan fingerprint density at radius 2 is 1.84 bits per heavy atom. The largest absolute Gasteiger partial charge is 0.494 e. The van der Waals surface area contributed by atoms with Gasteiger partial charge in [0.1, 0.15) is 10.6 Å². The first-order chi connectivity index (χ1) is 15.3. The molecule has 1 amide bonds. The molecule has 0 bridgehead atoms. The van der Waals surface area contributed by atoms with E-state index in [-0.39, 0.29) is 21.4 Å². The van der Waals surface area contributed by atoms with Crippen LogP contribution in [0.5, 0.6) is 5.75 Å². The van der Waals surface area contributed by atoms with Crippen molar-refractivity contribution in [2.45, 2.75) is 31.6 Å². The first-order valence-corrected chi connectivity index (χ1v) is 12.7. The number of halogens is 1. The number of anilines is 1. The van der Waals surface area contributed by atoms with Crippen molar-refractivity contribution in [3.63, 3.8) is 0 Å². The standard InChI is InChI=1S/C23H30ClN3O4S/c1-3-31-20-9-7-19(8-10-20)26-32(29,30)22-14-18(6-11-21(22)24)23(28)25-15-17(2)16-27-12-4-5-13-27/h6-11,14,17,26H,3-5,12-13,15-16H2,1-2H3,(H,25,28). The third-order valence-electron chi connectivity index (χ3n) is 5.28. The minimum Gasteiger partial charge on any atom is -0.494 e. The monoisotopic (exact) mass is 479 g/mol. The summed E-state index contributed by atoms with van der Waals surface area (Å²) in [5.41, 5.74) is 0.616. The molecule has 1 unspecified atom stereocenters. The Balaban J connectivity index is 1.66. The van der Waals surface area contributed by atoms with Gasteiger partial charge in [-0.25, -0.2) is 8.42 Å². The fourth-order valence-electron chi connectivity index (χ4n) is 3.69. The van der Waals surface area contributed by atoms with E-state index in [4.69, 9.17) is 16.3 Å². The predicted molar refractivity (Wildman–Crippen MR) is 127 cm³/mol. The van der Waals surface area contributed by atoms with Gasteiger partial charge in [-0.3, -0.25) is 9.52 Å². The van der Waals surface area contributed by atoms with Gasteiger partial charge in [0, 0.05) is 24.3 Å². The number of benzene rings is 2. The molecule has 0 aromatic heterocycles. The lowest BCUT2D eigenvalue weighted by molar-refractivity contribution is 0.0945. The summed E-state index contributed by atoms with van der Waals surface area (Å²) in [6.07, 6.45) is 2.46. The summed E-state index contributed by atoms with van der Waals surface area (Å²) >= 11 is 6.16. The van der Waals surface area contributed by atoms with Crippen molar-refractivity contribution in [3.8, 4) is 5.75 Å². The molecule has 1 fully saturated rings. The second-order valence-corrected chi connectivity index (χ2v) is 10.1. The second-order valence-electron chi connectivity index (χ2n) is 8.03. The maximum absolute atomic E-state index is 12.9. The van der Waals surface area contributed by atoms with Crippen molar-refractivity contribution in [1.82, 2.24) is 10.2 Å². The predicted octanol–water partition coefficient (Wildman–Crippen LogP) is 4.00. The van der Waals surface area contributed by atoms with E-state index in [0.29, 0.717) is 30.5 Å². The van der Waals surface area contributed by atoms with Crippen molar-refractivity contribution in [2.75, 3.05) is 37.5 Å². The van der Waals surface area contributed by atoms with Crippen molar-refractivity contribution in [1.29, 1.82) is 0 Å². The number of hydrogen-bond acceptors (Lipinski definition) is 5. The van der Waals surface area contributed by atoms with Crippen molar-refractivity contribution >= 4 is 33.2 Å². The third-order valence-corrected chi connectivity index (χ3v) is 7.14. The van der Waals surface area contributed by atoms with Gasteiger partial charge in [0.2, 0.25) is 0 Å². The molecule has 0 radical (unpaired) electrons. The maximum Gasteiger partial charge on any atom is 0.263 e. The minimum absolute atomic E-state index is 0.0439. The number of nitrogens with one attached hydrogen (secondary N) is 2. The quantitative estimate of drug-likeness (QED) is 0.537. The van der Waals surface area contributed by atoms with Crippen LogP contribution >= 0.6 is 11.6 Å². The van der Waals surface area contributed by atoms with E-state index in [9.17, 15) is 13.2 Å². The van der Waals surface area contributed by atoms with Gasteiger partial charge in [-0.1, -0.05) is 18.5 Å². The minimum atomic E-state index is -3.98. The van der Waals surface area contributed by atoms with Crippen LogP contribution in [0.15, 0.2) is 47.4 Å². The van der Waals surface area contributed by atoms with Crippen LogP contribution in [-0.2, 0) is 10.0 Å². The molecule has 2 aromatic carbocycles. The first kappa shape index (κ1) is 24.4. The van der Waals surface area contributed by atoms with Crippen LogP contribution in [0.1, 0.15) is 37.0 Å². The lowest BCUT2D eigenvalue weighted by atomic mass is 10.1. The van der Waals surface area contributed by atoms with E-state index in [1.807, 2.05) is 6.92 Å². The third kappa shape index (κ3) is 6.60. The zero-order valence-electron chi connectivity index (χ0n) is 18.4. The highest BCUT2D eigenvalue weighted by atomic mass is 35.5. The molecule has 0 saturated carbocycles. The molecule has 2 N–H and O–H groups in total. The highest BCUT2D eigenvalue weighted by molar-refractivity contribution is 7.92. The summed E-state index contributed by atoms with van der Waals surface area (Å²) in [6.45, 7) is 8.16. The Labute approximate surface area is 195 Å². The summed E-state index contributed by atoms with van der Waals surface area (Å²) in [4.78, 5) is 14.9. The number of amides is 1. The molecule has 1 aliphatic heterocycles. The summed E-state index contributed by atoms with van der Waals surface area (Å²) < 4.78 is 33.7. The van der Waals surface area contributed by atoms with Gasteiger partial charge in [0.25, 0.3) is 15.9 Å². The second kappa shape index (κ2) is 11.0. The lowest BCUT2D eigenvalue weighted by Gasteiger charge is -2.20. The molecule has 0 spiro atoms. The highest BCUT2D eigenvalue weighted by Gasteiger charge is 2.21. The Morgan fingerprint density at radius 1 is 1.16 bits per heavy atom. The van der Waals surface area contributed by atoms with Gasteiger partial charge >= 0.3 is 0 Å². The smallest absolute Gasteiger partial charge is 0.263 e. The topological polar surface area (TPSA) is 87.7 Å². The number of likely N-dealkylation sites (tertiary alicyclic amines) is 1. The normalized spacial score (nSPS) is 15.3. The molecule has 2 aromatic rings. The van der Waals surface area contributed by atoms with Gasteiger partial charge in [-0.2, -0.15) is 0 Å². The first-order valence-electron chi connectivity index (χ1n) is 10.8. The molecule has 1 atom stereocenters. The number of nitrogens with zero attached hydrogens (tertiary/aromatic N) is 1. The highest BCUT2D eigenvalue weighted by Crippen LogP contribution is 2.26. The molecule has 3 rings (SSSR count). The number of sulfonamides is 1. The Morgan fingerprint density at radius 3 is 2.50 bits per heavy atom. The number of rotatable bonds is 10. The van der Waals surface area contributed by atoms with E-state index in [2.05, 4.69) is 21.9 Å². The molecular formula is C23H30ClN3O4S. The molecule has 7 nitrogen and oxygen atoms in total. The number of hydrogen-bond donors (Lipinski definition) is 2. The van der Waals surface area contributed by atoms with Crippen LogP contribution in [0, 0.1) is 5.92 Å². The van der Waals surface area contributed by atoms with Crippen molar-refractivity contribution in [2.24, 2.45) is 5.92 Å². The van der Waals surface area contributed by atoms with Gasteiger partial charge in [-0.05, 0) is 81.2 Å².